The van der Waals surface area contributed by atoms with Crippen LogP contribution in [0.15, 0.2) is 36.5 Å². The molecule has 2 heterocycles. The SMILES string of the molecule is CCCCC/C=C/C/C=C/C/C=C/CCCCCCC(=O)O[C@H](COC(=O)CCCCCCCCCCCCCC)CO[C@H]1O[C@@H](CO[C@H]2O[C@@H](CO)[C@@H](O)C(O)C2O)[C@@H](O)C(O)C1O. The minimum Gasteiger partial charge on any atom is -0.462 e. The van der Waals surface area contributed by atoms with E-state index >= 15 is 0 Å². The molecule has 0 saturated carbocycles. The Bertz CT molecular complexity index is 1280. The van der Waals surface area contributed by atoms with Gasteiger partial charge in [0.05, 0.1) is 19.8 Å². The summed E-state index contributed by atoms with van der Waals surface area (Å²) in [6, 6.07) is 0. The highest BCUT2D eigenvalue weighted by atomic mass is 16.7. The van der Waals surface area contributed by atoms with E-state index in [1.54, 1.807) is 0 Å². The molecular weight excluding hydrogens is 841 g/mol. The molecule has 65 heavy (non-hydrogen) atoms. The van der Waals surface area contributed by atoms with Gasteiger partial charge in [-0.2, -0.15) is 0 Å². The zero-order chi connectivity index (χ0) is 47.5. The Morgan fingerprint density at radius 3 is 1.48 bits per heavy atom. The Morgan fingerprint density at radius 2 is 0.923 bits per heavy atom. The number of unbranched alkanes of at least 4 members (excludes halogenated alkanes) is 18. The Hall–Kier alpha value is -2.28. The van der Waals surface area contributed by atoms with Gasteiger partial charge in [0.25, 0.3) is 0 Å². The first-order valence-corrected chi connectivity index (χ1v) is 25.1. The fourth-order valence-corrected chi connectivity index (χ4v) is 7.69. The third-order valence-corrected chi connectivity index (χ3v) is 11.9. The van der Waals surface area contributed by atoms with Crippen molar-refractivity contribution in [3.8, 4) is 0 Å². The van der Waals surface area contributed by atoms with E-state index in [0.29, 0.717) is 12.8 Å². The second kappa shape index (κ2) is 37.7. The number of hydrogen-bond donors (Lipinski definition) is 7. The molecule has 15 heteroatoms. The lowest BCUT2D eigenvalue weighted by Crippen LogP contribution is -2.61. The van der Waals surface area contributed by atoms with Gasteiger partial charge in [-0.15, -0.1) is 0 Å². The lowest BCUT2D eigenvalue weighted by Gasteiger charge is -2.42. The van der Waals surface area contributed by atoms with E-state index in [1.807, 2.05) is 0 Å². The van der Waals surface area contributed by atoms with Crippen molar-refractivity contribution in [3.05, 3.63) is 36.5 Å². The molecule has 0 aromatic carbocycles. The first-order valence-electron chi connectivity index (χ1n) is 25.1. The molecule has 378 valence electrons. The van der Waals surface area contributed by atoms with Crippen molar-refractivity contribution in [2.45, 2.75) is 242 Å². The fourth-order valence-electron chi connectivity index (χ4n) is 7.69. The van der Waals surface area contributed by atoms with E-state index in [0.717, 1.165) is 64.2 Å². The smallest absolute Gasteiger partial charge is 0.306 e. The fraction of sp³-hybridized carbons (Fsp3) is 0.840. The number of aliphatic hydroxyl groups excluding tert-OH is 7. The molecule has 0 spiro atoms. The van der Waals surface area contributed by atoms with Gasteiger partial charge in [0.1, 0.15) is 55.4 Å². The molecule has 7 N–H and O–H groups in total. The number of carbonyl (C=O) groups is 2. The van der Waals surface area contributed by atoms with Gasteiger partial charge in [-0.25, -0.2) is 0 Å². The van der Waals surface area contributed by atoms with E-state index < -0.39 is 92.7 Å². The number of hydrogen-bond acceptors (Lipinski definition) is 15. The third-order valence-electron chi connectivity index (χ3n) is 11.9. The highest BCUT2D eigenvalue weighted by Gasteiger charge is 2.47. The molecule has 0 amide bonds. The van der Waals surface area contributed by atoms with Gasteiger partial charge < -0.3 is 64.2 Å². The Labute approximate surface area is 389 Å². The van der Waals surface area contributed by atoms with E-state index in [1.165, 1.54) is 70.6 Å². The highest BCUT2D eigenvalue weighted by molar-refractivity contribution is 5.70. The van der Waals surface area contributed by atoms with Gasteiger partial charge in [-0.3, -0.25) is 9.59 Å². The van der Waals surface area contributed by atoms with Gasteiger partial charge in [0.15, 0.2) is 18.7 Å². The largest absolute Gasteiger partial charge is 0.462 e. The molecule has 0 aromatic heterocycles. The quantitative estimate of drug-likeness (QED) is 0.0198. The average Bonchev–Trinajstić information content (AvgIpc) is 3.30. The van der Waals surface area contributed by atoms with E-state index in [9.17, 15) is 45.3 Å². The van der Waals surface area contributed by atoms with Gasteiger partial charge in [0.2, 0.25) is 0 Å². The topological polar surface area (TPSA) is 231 Å². The van der Waals surface area contributed by atoms with Crippen LogP contribution in [0.2, 0.25) is 0 Å². The standard InChI is InChI=1S/C50H88O15/c1-3-5-7-9-11-13-15-17-18-19-20-21-23-25-27-29-31-33-42(53)63-38(35-60-41(52)32-30-28-26-24-22-16-14-12-10-8-6-4-2)36-61-49-48(59)46(57)44(55)40(65-49)37-62-50-47(58)45(56)43(54)39(34-51)64-50/h11,13,17-18,20-21,38-40,43-51,54-59H,3-10,12,14-16,19,22-37H2,1-2H3/b13-11+,18-17+,21-20+/t38-,39+,40+,43-,44-,45?,46?,47?,48?,49+,50+/m1/s1. The number of allylic oxidation sites excluding steroid dienone is 6. The monoisotopic (exact) mass is 929 g/mol. The summed E-state index contributed by atoms with van der Waals surface area (Å²) in [4.78, 5) is 25.7. The number of carbonyl (C=O) groups excluding carboxylic acids is 2. The first kappa shape index (κ1) is 58.8. The molecule has 2 aliphatic heterocycles. The van der Waals surface area contributed by atoms with Crippen LogP contribution in [0.1, 0.15) is 174 Å². The Balaban J connectivity index is 1.83. The molecular formula is C50H88O15. The number of ether oxygens (including phenoxy) is 6. The average molecular weight is 929 g/mol. The Kier molecular flexibility index (Phi) is 34.1. The summed E-state index contributed by atoms with van der Waals surface area (Å²) in [5.74, 6) is -0.948. The second-order valence-electron chi connectivity index (χ2n) is 17.6. The van der Waals surface area contributed by atoms with E-state index in [-0.39, 0.29) is 26.1 Å². The van der Waals surface area contributed by atoms with Crippen LogP contribution < -0.4 is 0 Å². The number of aliphatic hydroxyl groups is 7. The predicted octanol–water partition coefficient (Wildman–Crippen LogP) is 6.54. The molecule has 2 aliphatic rings. The maximum Gasteiger partial charge on any atom is 0.306 e. The maximum absolute atomic E-state index is 13.0. The maximum atomic E-state index is 13.0. The van der Waals surface area contributed by atoms with Crippen LogP contribution >= 0.6 is 0 Å². The van der Waals surface area contributed by atoms with Crippen LogP contribution in [-0.2, 0) is 38.0 Å². The van der Waals surface area contributed by atoms with Gasteiger partial charge >= 0.3 is 11.9 Å². The summed E-state index contributed by atoms with van der Waals surface area (Å²) < 4.78 is 33.5. The number of esters is 2. The summed E-state index contributed by atoms with van der Waals surface area (Å²) >= 11 is 0. The van der Waals surface area contributed by atoms with Crippen LogP contribution in [0.4, 0.5) is 0 Å². The van der Waals surface area contributed by atoms with Crippen LogP contribution in [0, 0.1) is 0 Å². The van der Waals surface area contributed by atoms with Gasteiger partial charge in [-0.1, -0.05) is 147 Å². The van der Waals surface area contributed by atoms with Crippen LogP contribution in [0.3, 0.4) is 0 Å². The second-order valence-corrected chi connectivity index (χ2v) is 17.6. The lowest BCUT2D eigenvalue weighted by molar-refractivity contribution is -0.332. The van der Waals surface area contributed by atoms with E-state index in [2.05, 4.69) is 50.3 Å². The molecule has 4 unspecified atom stereocenters. The zero-order valence-electron chi connectivity index (χ0n) is 39.7. The molecule has 0 radical (unpaired) electrons. The Morgan fingerprint density at radius 1 is 0.492 bits per heavy atom. The van der Waals surface area contributed by atoms with Crippen molar-refractivity contribution in [1.82, 2.24) is 0 Å². The lowest BCUT2D eigenvalue weighted by atomic mass is 9.98. The molecule has 2 fully saturated rings. The summed E-state index contributed by atoms with van der Waals surface area (Å²) in [5, 5.41) is 72.0. The minimum atomic E-state index is -1.77. The molecule has 0 aromatic rings. The summed E-state index contributed by atoms with van der Waals surface area (Å²) in [6.07, 6.45) is 21.7. The van der Waals surface area contributed by atoms with Gasteiger partial charge in [-0.05, 0) is 51.4 Å². The molecule has 2 saturated heterocycles. The summed E-state index contributed by atoms with van der Waals surface area (Å²) in [7, 11) is 0. The molecule has 15 nitrogen and oxygen atoms in total. The summed E-state index contributed by atoms with van der Waals surface area (Å²) in [5.41, 5.74) is 0. The van der Waals surface area contributed by atoms with Gasteiger partial charge in [0, 0.05) is 12.8 Å². The van der Waals surface area contributed by atoms with Crippen LogP contribution in [-0.4, -0.2) is 142 Å². The highest BCUT2D eigenvalue weighted by Crippen LogP contribution is 2.26. The first-order chi connectivity index (χ1) is 31.5. The van der Waals surface area contributed by atoms with Crippen molar-refractivity contribution in [3.63, 3.8) is 0 Å². The van der Waals surface area contributed by atoms with Crippen molar-refractivity contribution in [1.29, 1.82) is 0 Å². The molecule has 0 bridgehead atoms. The normalized spacial score (nSPS) is 26.7. The summed E-state index contributed by atoms with van der Waals surface area (Å²) in [6.45, 7) is 2.53. The molecule has 0 aliphatic carbocycles. The van der Waals surface area contributed by atoms with Crippen LogP contribution in [0.25, 0.3) is 0 Å². The van der Waals surface area contributed by atoms with E-state index in [4.69, 9.17) is 28.4 Å². The minimum absolute atomic E-state index is 0.141. The van der Waals surface area contributed by atoms with Crippen LogP contribution in [0.5, 0.6) is 0 Å². The molecule has 11 atom stereocenters. The predicted molar refractivity (Wildman–Crippen MR) is 247 cm³/mol. The van der Waals surface area contributed by atoms with Crippen molar-refractivity contribution >= 4 is 11.9 Å². The third kappa shape index (κ3) is 26.2. The van der Waals surface area contributed by atoms with Crippen molar-refractivity contribution in [2.24, 2.45) is 0 Å². The number of rotatable bonds is 38. The zero-order valence-corrected chi connectivity index (χ0v) is 39.7. The molecule has 2 rings (SSSR count). The van der Waals surface area contributed by atoms with Crippen molar-refractivity contribution in [2.75, 3.05) is 26.4 Å². The van der Waals surface area contributed by atoms with Crippen molar-refractivity contribution < 1.29 is 73.8 Å².